The summed E-state index contributed by atoms with van der Waals surface area (Å²) in [6.45, 7) is 2.59. The maximum Gasteiger partial charge on any atom is 0.263 e. The van der Waals surface area contributed by atoms with E-state index in [0.717, 1.165) is 31.2 Å². The van der Waals surface area contributed by atoms with E-state index in [1.165, 1.54) is 6.07 Å². The van der Waals surface area contributed by atoms with E-state index in [1.54, 1.807) is 27.9 Å². The summed E-state index contributed by atoms with van der Waals surface area (Å²) in [5.74, 6) is 7.42. The zero-order valence-electron chi connectivity index (χ0n) is 21.0. The van der Waals surface area contributed by atoms with Gasteiger partial charge in [0, 0.05) is 30.3 Å². The molecule has 0 unspecified atom stereocenters. The number of anilines is 1. The summed E-state index contributed by atoms with van der Waals surface area (Å²) in [5.41, 5.74) is 7.30. The number of nitrogens with zero attached hydrogens (tertiary/aromatic N) is 5. The molecule has 1 amide bonds. The molecule has 2 saturated carbocycles. The third-order valence-electron chi connectivity index (χ3n) is 7.35. The molecule has 4 aliphatic rings. The number of aryl methyl sites for hydroxylation is 1. The second-order valence-electron chi connectivity index (χ2n) is 10.7. The van der Waals surface area contributed by atoms with Crippen LogP contribution in [0, 0.1) is 17.8 Å². The number of guanidine groups is 1. The highest BCUT2D eigenvalue weighted by atomic mass is 32.2. The van der Waals surface area contributed by atoms with Gasteiger partial charge in [0.15, 0.2) is 0 Å². The number of sulfonamides is 1. The van der Waals surface area contributed by atoms with Gasteiger partial charge in [-0.3, -0.25) is 19.3 Å². The molecule has 1 aromatic carbocycles. The highest BCUT2D eigenvalue weighted by Crippen LogP contribution is 2.39. The highest BCUT2D eigenvalue weighted by Gasteiger charge is 2.46. The molecule has 3 N–H and O–H groups in total. The smallest absolute Gasteiger partial charge is 0.263 e. The van der Waals surface area contributed by atoms with Gasteiger partial charge in [0.25, 0.3) is 5.91 Å². The predicted octanol–water partition coefficient (Wildman–Crippen LogP) is 1.58. The molecule has 194 valence electrons. The van der Waals surface area contributed by atoms with Crippen molar-refractivity contribution in [3.05, 3.63) is 41.7 Å². The quantitative estimate of drug-likeness (QED) is 0.533. The van der Waals surface area contributed by atoms with Crippen LogP contribution in [0.3, 0.4) is 0 Å². The zero-order valence-corrected chi connectivity index (χ0v) is 21.8. The second-order valence-corrected chi connectivity index (χ2v) is 12.4. The third kappa shape index (κ3) is 4.54. The predicted molar refractivity (Wildman–Crippen MR) is 139 cm³/mol. The second kappa shape index (κ2) is 8.68. The lowest BCUT2D eigenvalue weighted by molar-refractivity contribution is 0.0833. The molecular formula is C26H31N7O3S. The standard InChI is InChI=1S/C26H31N7O3S/c1-26(10-11-26)30-37(35,36)19-6-8-22-20(13-19)24(34)32(16-18-14-28-31(2)15-18)25-29-21(9-12-27)23(33(22)25)7-5-17-3-4-17/h6,8,13-15,17,21,23,30H,3-4,9-12,16,27H2,1-2H3/t21-,23+/m0/s1. The molecule has 0 radical (unpaired) electrons. The van der Waals surface area contributed by atoms with Crippen molar-refractivity contribution in [2.45, 2.75) is 68.1 Å². The number of hydrogen-bond acceptors (Lipinski definition) is 7. The molecule has 3 heterocycles. The molecule has 2 aliphatic carbocycles. The van der Waals surface area contributed by atoms with E-state index in [-0.39, 0.29) is 29.4 Å². The third-order valence-corrected chi connectivity index (χ3v) is 8.99. The minimum Gasteiger partial charge on any atom is -0.330 e. The van der Waals surface area contributed by atoms with Crippen molar-refractivity contribution in [1.82, 2.24) is 19.4 Å². The Hall–Kier alpha value is -3.20. The number of nitrogens with two attached hydrogens (primary N) is 1. The monoisotopic (exact) mass is 521 g/mol. The molecular weight excluding hydrogens is 490 g/mol. The molecule has 6 rings (SSSR count). The van der Waals surface area contributed by atoms with Crippen LogP contribution in [0.15, 0.2) is 40.5 Å². The van der Waals surface area contributed by atoms with Gasteiger partial charge in [-0.15, -0.1) is 0 Å². The van der Waals surface area contributed by atoms with Gasteiger partial charge in [0.2, 0.25) is 16.0 Å². The maximum atomic E-state index is 13.9. The molecule has 0 spiro atoms. The van der Waals surface area contributed by atoms with Crippen LogP contribution < -0.4 is 15.4 Å². The average Bonchev–Trinajstić information content (AvgIpc) is 3.74. The molecule has 2 aromatic rings. The summed E-state index contributed by atoms with van der Waals surface area (Å²) in [6.07, 6.45) is 7.99. The lowest BCUT2D eigenvalue weighted by Crippen LogP contribution is -2.53. The molecule has 11 heteroatoms. The fraction of sp³-hybridized carbons (Fsp3) is 0.500. The first-order chi connectivity index (χ1) is 17.7. The largest absolute Gasteiger partial charge is 0.330 e. The normalized spacial score (nSPS) is 23.8. The number of aliphatic imine (C=N–C) groups is 1. The van der Waals surface area contributed by atoms with Crippen molar-refractivity contribution in [2.75, 3.05) is 11.4 Å². The number of benzene rings is 1. The summed E-state index contributed by atoms with van der Waals surface area (Å²) >= 11 is 0. The zero-order chi connectivity index (χ0) is 25.9. The molecule has 37 heavy (non-hydrogen) atoms. The lowest BCUT2D eigenvalue weighted by Gasteiger charge is -2.38. The summed E-state index contributed by atoms with van der Waals surface area (Å²) in [6, 6.07) is 4.29. The molecule has 10 nitrogen and oxygen atoms in total. The molecule has 2 atom stereocenters. The molecule has 2 aliphatic heterocycles. The van der Waals surface area contributed by atoms with E-state index in [4.69, 9.17) is 10.7 Å². The summed E-state index contributed by atoms with van der Waals surface area (Å²) in [7, 11) is -1.96. The van der Waals surface area contributed by atoms with E-state index >= 15 is 0 Å². The Balaban J connectivity index is 1.44. The fourth-order valence-corrected chi connectivity index (χ4v) is 6.36. The van der Waals surface area contributed by atoms with Crippen LogP contribution >= 0.6 is 0 Å². The minimum atomic E-state index is -3.78. The van der Waals surface area contributed by atoms with Crippen LogP contribution in [-0.4, -0.2) is 59.1 Å². The Morgan fingerprint density at radius 2 is 2.03 bits per heavy atom. The number of fused-ring (bicyclic) bond motifs is 3. The van der Waals surface area contributed by atoms with E-state index in [0.29, 0.717) is 36.1 Å². The van der Waals surface area contributed by atoms with Gasteiger partial charge < -0.3 is 5.73 Å². The number of nitrogens with one attached hydrogen (secondary N) is 1. The van der Waals surface area contributed by atoms with Crippen molar-refractivity contribution in [3.8, 4) is 11.8 Å². The number of carbonyl (C=O) groups excluding carboxylic acids is 1. The van der Waals surface area contributed by atoms with Gasteiger partial charge in [0.1, 0.15) is 6.04 Å². The van der Waals surface area contributed by atoms with Gasteiger partial charge in [-0.25, -0.2) is 18.1 Å². The summed E-state index contributed by atoms with van der Waals surface area (Å²) in [4.78, 5) is 22.5. The maximum absolute atomic E-state index is 13.9. The Kier molecular flexibility index (Phi) is 5.67. The Bertz CT molecular complexity index is 1460. The van der Waals surface area contributed by atoms with Gasteiger partial charge in [0.05, 0.1) is 34.9 Å². The molecule has 1 aromatic heterocycles. The van der Waals surface area contributed by atoms with Crippen molar-refractivity contribution in [1.29, 1.82) is 0 Å². The van der Waals surface area contributed by atoms with Gasteiger partial charge >= 0.3 is 0 Å². The summed E-state index contributed by atoms with van der Waals surface area (Å²) < 4.78 is 30.8. The SMILES string of the molecule is Cn1cc(CN2C(=O)c3cc(S(=O)(=O)NC4(C)CC4)ccc3N3C2=N[C@@H](CCN)[C@H]3C#CC2CC2)cn1. The van der Waals surface area contributed by atoms with Gasteiger partial charge in [-0.1, -0.05) is 11.8 Å². The minimum absolute atomic E-state index is 0.0766. The van der Waals surface area contributed by atoms with Crippen LogP contribution in [0.4, 0.5) is 5.69 Å². The number of carbonyl (C=O) groups is 1. The Morgan fingerprint density at radius 1 is 1.24 bits per heavy atom. The first-order valence-electron chi connectivity index (χ1n) is 12.7. The molecule has 0 bridgehead atoms. The first-order valence-corrected chi connectivity index (χ1v) is 14.2. The topological polar surface area (TPSA) is 126 Å². The van der Waals surface area contributed by atoms with Crippen molar-refractivity contribution in [3.63, 3.8) is 0 Å². The van der Waals surface area contributed by atoms with Crippen LogP contribution in [0.1, 0.15) is 54.9 Å². The van der Waals surface area contributed by atoms with E-state index in [2.05, 4.69) is 21.7 Å². The number of hydrogen-bond donors (Lipinski definition) is 2. The van der Waals surface area contributed by atoms with E-state index < -0.39 is 15.6 Å². The fourth-order valence-electron chi connectivity index (χ4n) is 4.87. The van der Waals surface area contributed by atoms with Crippen LogP contribution in [0.2, 0.25) is 0 Å². The van der Waals surface area contributed by atoms with Gasteiger partial charge in [-0.2, -0.15) is 5.10 Å². The van der Waals surface area contributed by atoms with Crippen molar-refractivity contribution < 1.29 is 13.2 Å². The number of aromatic nitrogens is 2. The van der Waals surface area contributed by atoms with Crippen molar-refractivity contribution in [2.24, 2.45) is 23.7 Å². The van der Waals surface area contributed by atoms with E-state index in [1.807, 2.05) is 25.1 Å². The van der Waals surface area contributed by atoms with Crippen molar-refractivity contribution >= 4 is 27.6 Å². The van der Waals surface area contributed by atoms with Crippen LogP contribution in [0.25, 0.3) is 0 Å². The number of amides is 1. The Morgan fingerprint density at radius 3 is 2.68 bits per heavy atom. The molecule has 0 saturated heterocycles. The Labute approximate surface area is 217 Å². The first kappa shape index (κ1) is 24.2. The lowest BCUT2D eigenvalue weighted by atomic mass is 10.0. The van der Waals surface area contributed by atoms with Crippen LogP contribution in [0.5, 0.6) is 0 Å². The number of rotatable bonds is 7. The molecule has 2 fully saturated rings. The summed E-state index contributed by atoms with van der Waals surface area (Å²) in [5, 5.41) is 4.24. The average molecular weight is 522 g/mol. The van der Waals surface area contributed by atoms with E-state index in [9.17, 15) is 13.2 Å². The van der Waals surface area contributed by atoms with Gasteiger partial charge in [-0.05, 0) is 63.8 Å². The van der Waals surface area contributed by atoms with Crippen LogP contribution in [-0.2, 0) is 23.6 Å². The highest BCUT2D eigenvalue weighted by molar-refractivity contribution is 7.89.